The monoisotopic (exact) mass is 1160 g/mol. The van der Waals surface area contributed by atoms with E-state index in [2.05, 4.69) is 154 Å². The summed E-state index contributed by atoms with van der Waals surface area (Å²) < 4.78 is 0. The molecule has 0 bridgehead atoms. The van der Waals surface area contributed by atoms with Crippen LogP contribution in [0.5, 0.6) is 0 Å². The second-order valence-electron chi connectivity index (χ2n) is 22.4. The third-order valence-electron chi connectivity index (χ3n) is 17.0. The average molecular weight is 1160 g/mol. The van der Waals surface area contributed by atoms with E-state index in [-0.39, 0.29) is 30.1 Å². The summed E-state index contributed by atoms with van der Waals surface area (Å²) in [4.78, 5) is 64.4. The minimum Gasteiger partial charge on any atom is -0.366 e. The number of carbonyl (C=O) groups is 2. The van der Waals surface area contributed by atoms with Crippen LogP contribution in [0.1, 0.15) is 39.8 Å². The number of benzene rings is 3. The number of nitrogens with one attached hydrogen (secondary N) is 4. The van der Waals surface area contributed by atoms with Gasteiger partial charge in [0.2, 0.25) is 29.7 Å². The molecule has 434 valence electrons. The SMILES string of the molecule is Cl.O=C(CCl)N1CCN(c2cnc(NC3Cc4ccccc4C3)nc2)CC1.O=C(CN1CCC2=C(C1)N=NC2)N1CCN(c2cnc(NC3Cc4ccccc4C3)nc2)CC1.c1ccc2c(c1)CC(Nc1ncc(N3CCNCC3)cn1)C2. The normalized spacial score (nSPS) is 18.7. The van der Waals surface area contributed by atoms with E-state index in [9.17, 15) is 9.59 Å². The van der Waals surface area contributed by atoms with Crippen LogP contribution in [0.3, 0.4) is 0 Å². The van der Waals surface area contributed by atoms with Crippen molar-refractivity contribution < 1.29 is 9.59 Å². The fourth-order valence-electron chi connectivity index (χ4n) is 12.4. The molecule has 0 unspecified atom stereocenters. The molecule has 0 spiro atoms. The van der Waals surface area contributed by atoms with Crippen LogP contribution in [0.2, 0.25) is 0 Å². The van der Waals surface area contributed by atoms with Crippen LogP contribution < -0.4 is 36.0 Å². The molecule has 14 rings (SSSR count). The van der Waals surface area contributed by atoms with E-state index >= 15 is 0 Å². The predicted octanol–water partition coefficient (Wildman–Crippen LogP) is 5.96. The lowest BCUT2D eigenvalue weighted by Gasteiger charge is -2.37. The van der Waals surface area contributed by atoms with Crippen molar-refractivity contribution >= 4 is 70.7 Å². The van der Waals surface area contributed by atoms with Gasteiger partial charge in [-0.1, -0.05) is 72.8 Å². The van der Waals surface area contributed by atoms with Gasteiger partial charge in [0.1, 0.15) is 5.88 Å². The van der Waals surface area contributed by atoms with Crippen molar-refractivity contribution in [2.75, 3.05) is 141 Å². The third kappa shape index (κ3) is 14.5. The zero-order chi connectivity index (χ0) is 55.6. The van der Waals surface area contributed by atoms with Crippen LogP contribution in [0.25, 0.3) is 0 Å². The molecule has 6 aromatic rings. The van der Waals surface area contributed by atoms with Gasteiger partial charge in [-0.15, -0.1) is 24.0 Å². The first kappa shape index (κ1) is 57.3. The molecule has 5 aliphatic heterocycles. The quantitative estimate of drug-likeness (QED) is 0.104. The lowest BCUT2D eigenvalue weighted by Crippen LogP contribution is -2.51. The first-order valence-corrected chi connectivity index (χ1v) is 29.7. The summed E-state index contributed by atoms with van der Waals surface area (Å²) >= 11 is 5.62. The summed E-state index contributed by atoms with van der Waals surface area (Å²) in [6.45, 7) is 12.9. The minimum atomic E-state index is -0.000301. The molecule has 0 atom stereocenters. The molecule has 4 N–H and O–H groups in total. The van der Waals surface area contributed by atoms with Gasteiger partial charge in [0.25, 0.3) is 0 Å². The largest absolute Gasteiger partial charge is 0.366 e. The maximum Gasteiger partial charge on any atom is 0.237 e. The number of piperazine rings is 3. The maximum atomic E-state index is 12.9. The molecule has 0 radical (unpaired) electrons. The number of alkyl halides is 1. The van der Waals surface area contributed by atoms with E-state index in [0.29, 0.717) is 49.7 Å². The Labute approximate surface area is 497 Å². The third-order valence-corrected chi connectivity index (χ3v) is 17.2. The first-order valence-electron chi connectivity index (χ1n) is 29.2. The second kappa shape index (κ2) is 27.3. The molecule has 83 heavy (non-hydrogen) atoms. The number of carbonyl (C=O) groups excluding carboxylic acids is 2. The highest BCUT2D eigenvalue weighted by atomic mass is 35.5. The van der Waals surface area contributed by atoms with Gasteiger partial charge in [-0.3, -0.25) is 14.5 Å². The number of aromatic nitrogens is 6. The Bertz CT molecular complexity index is 3130. The van der Waals surface area contributed by atoms with Crippen LogP contribution in [0, 0.1) is 0 Å². The van der Waals surface area contributed by atoms with Crippen molar-refractivity contribution in [3.05, 3.63) is 155 Å². The minimum absolute atomic E-state index is 0. The number of hydrogen-bond acceptors (Lipinski definition) is 18. The van der Waals surface area contributed by atoms with Crippen LogP contribution in [-0.4, -0.2) is 185 Å². The standard InChI is InChI=1S/C25H30N8O.C19H22ClN5O.C17H21N5.ClH/c34-24(17-31-6-5-20-13-28-30-23(20)16-31)33-9-7-32(8-10-33)22-14-26-25(27-15-22)29-21-11-18-3-1-2-4-19(18)12-21;20-11-18(26)25-7-5-24(6-8-25)17-12-21-19(22-13-17)23-16-9-14-3-1-2-4-15(14)10-16;1-2-4-14-10-15(9-13(14)3-1)21-17-19-11-16(12-20-17)22-7-5-18-6-8-22;/h1-4,14-15,21H,5-13,16-17H2,(H,26,27,29);1-4,12-13,16H,5-11H2,(H,21,22,23);1-4,11-12,15,18H,5-10H2,(H,19,20,21);1H. The van der Waals surface area contributed by atoms with Crippen molar-refractivity contribution in [2.45, 2.75) is 63.1 Å². The Morgan fingerprint density at radius 2 is 0.855 bits per heavy atom. The van der Waals surface area contributed by atoms with Crippen molar-refractivity contribution in [2.24, 2.45) is 10.2 Å². The molecule has 20 nitrogen and oxygen atoms in total. The van der Waals surface area contributed by atoms with Gasteiger partial charge in [-0.2, -0.15) is 10.2 Å². The van der Waals surface area contributed by atoms with Crippen LogP contribution >= 0.6 is 24.0 Å². The Morgan fingerprint density at radius 3 is 1.23 bits per heavy atom. The molecule has 8 heterocycles. The van der Waals surface area contributed by atoms with Crippen LogP contribution in [-0.2, 0) is 48.1 Å². The van der Waals surface area contributed by atoms with Gasteiger partial charge < -0.3 is 45.8 Å². The molecule has 3 aromatic carbocycles. The molecule has 3 fully saturated rings. The topological polar surface area (TPSA) is 204 Å². The van der Waals surface area contributed by atoms with Crippen LogP contribution in [0.15, 0.2) is 131 Å². The molecule has 2 amide bonds. The Kier molecular flexibility index (Phi) is 18.8. The molecule has 22 heteroatoms. The van der Waals surface area contributed by atoms with Gasteiger partial charge in [0.05, 0.1) is 73.0 Å². The number of fused-ring (bicyclic) bond motifs is 3. The van der Waals surface area contributed by atoms with E-state index in [1.54, 1.807) is 4.90 Å². The van der Waals surface area contributed by atoms with E-state index in [4.69, 9.17) is 11.6 Å². The highest BCUT2D eigenvalue weighted by molar-refractivity contribution is 6.27. The summed E-state index contributed by atoms with van der Waals surface area (Å²) in [6, 6.07) is 26.9. The molecule has 8 aliphatic rings. The van der Waals surface area contributed by atoms with E-state index in [1.807, 2.05) is 42.1 Å². The summed E-state index contributed by atoms with van der Waals surface area (Å²) in [5.74, 6) is 2.33. The van der Waals surface area contributed by atoms with Crippen LogP contribution in [0.4, 0.5) is 34.9 Å². The number of amides is 2. The summed E-state index contributed by atoms with van der Waals surface area (Å²) in [7, 11) is 0. The number of halogens is 2. The second-order valence-corrected chi connectivity index (χ2v) is 22.6. The lowest BCUT2D eigenvalue weighted by atomic mass is 10.1. The molecule has 3 aromatic heterocycles. The van der Waals surface area contributed by atoms with Gasteiger partial charge >= 0.3 is 0 Å². The Morgan fingerprint density at radius 1 is 0.494 bits per heavy atom. The highest BCUT2D eigenvalue weighted by Gasteiger charge is 2.29. The summed E-state index contributed by atoms with van der Waals surface area (Å²) in [5.41, 5.74) is 14.0. The van der Waals surface area contributed by atoms with Crippen molar-refractivity contribution in [1.29, 1.82) is 0 Å². The molecular formula is C61H74Cl2N18O2. The van der Waals surface area contributed by atoms with Gasteiger partial charge in [0.15, 0.2) is 0 Å². The Hall–Kier alpha value is -7.52. The van der Waals surface area contributed by atoms with Crippen molar-refractivity contribution in [3.63, 3.8) is 0 Å². The van der Waals surface area contributed by atoms with Crippen molar-refractivity contribution in [3.8, 4) is 0 Å². The predicted molar refractivity (Wildman–Crippen MR) is 328 cm³/mol. The number of hydrogen-bond donors (Lipinski definition) is 4. The van der Waals surface area contributed by atoms with E-state index in [0.717, 1.165) is 159 Å². The maximum absolute atomic E-state index is 12.9. The fraction of sp³-hybridized carbons (Fsp3) is 0.443. The highest BCUT2D eigenvalue weighted by Crippen LogP contribution is 2.28. The van der Waals surface area contributed by atoms with E-state index in [1.165, 1.54) is 39.0 Å². The zero-order valence-electron chi connectivity index (χ0n) is 47.0. The average Bonchev–Trinajstić information content (AvgIpc) is 4.50. The molecule has 3 aliphatic carbocycles. The zero-order valence-corrected chi connectivity index (χ0v) is 48.5. The number of anilines is 6. The Balaban J connectivity index is 0.000000133. The smallest absolute Gasteiger partial charge is 0.237 e. The summed E-state index contributed by atoms with van der Waals surface area (Å²) in [5, 5.41) is 22.1. The number of azo groups is 1. The van der Waals surface area contributed by atoms with Crippen molar-refractivity contribution in [1.82, 2.24) is 49.9 Å². The van der Waals surface area contributed by atoms with Gasteiger partial charge in [-0.25, -0.2) is 29.9 Å². The lowest BCUT2D eigenvalue weighted by molar-refractivity contribution is -0.132. The molecule has 0 saturated carbocycles. The van der Waals surface area contributed by atoms with Gasteiger partial charge in [0, 0.05) is 110 Å². The number of nitrogens with zero attached hydrogens (tertiary/aromatic N) is 14. The van der Waals surface area contributed by atoms with Gasteiger partial charge in [-0.05, 0) is 83.9 Å². The van der Waals surface area contributed by atoms with E-state index < -0.39 is 0 Å². The number of rotatable bonds is 12. The first-order chi connectivity index (χ1) is 40.3. The molecule has 3 saturated heterocycles. The molecular weight excluding hydrogens is 1090 g/mol. The summed E-state index contributed by atoms with van der Waals surface area (Å²) in [6.07, 6.45) is 18.5. The fourth-order valence-corrected chi connectivity index (χ4v) is 12.6.